The zero-order chi connectivity index (χ0) is 13.4. The molecule has 0 aromatic carbocycles. The second-order valence-corrected chi connectivity index (χ2v) is 4.77. The van der Waals surface area contributed by atoms with E-state index in [9.17, 15) is 0 Å². The van der Waals surface area contributed by atoms with Gasteiger partial charge in [-0.15, -0.1) is 0 Å². The first-order chi connectivity index (χ1) is 8.63. The molecule has 1 N–H and O–H groups in total. The fourth-order valence-electron chi connectivity index (χ4n) is 1.81. The van der Waals surface area contributed by atoms with E-state index in [1.54, 1.807) is 0 Å². The number of hydrogen-bond acceptors (Lipinski definition) is 4. The lowest BCUT2D eigenvalue weighted by Crippen LogP contribution is -2.26. The number of nitrogens with one attached hydrogen (secondary N) is 1. The molecule has 1 aromatic heterocycles. The first-order valence-electron chi connectivity index (χ1n) is 6.53. The van der Waals surface area contributed by atoms with Gasteiger partial charge in [0.25, 0.3) is 0 Å². The average molecular weight is 251 g/mol. The molecule has 1 rings (SSSR count). The Bertz CT molecular complexity index is 342. The summed E-state index contributed by atoms with van der Waals surface area (Å²) in [5.41, 5.74) is 2.25. The van der Waals surface area contributed by atoms with Gasteiger partial charge < -0.3 is 15.0 Å². The first kappa shape index (κ1) is 15.1. The molecule has 0 saturated carbocycles. The van der Waals surface area contributed by atoms with E-state index in [4.69, 9.17) is 4.74 Å². The lowest BCUT2D eigenvalue weighted by atomic mass is 10.2. The number of pyridine rings is 1. The van der Waals surface area contributed by atoms with Crippen molar-refractivity contribution in [2.75, 3.05) is 27.2 Å². The van der Waals surface area contributed by atoms with Crippen molar-refractivity contribution < 1.29 is 4.74 Å². The molecule has 0 spiro atoms. The molecule has 0 aliphatic heterocycles. The topological polar surface area (TPSA) is 37.4 Å². The number of aromatic nitrogens is 1. The molecule has 102 valence electrons. The van der Waals surface area contributed by atoms with Crippen LogP contribution < -0.4 is 5.32 Å². The Labute approximate surface area is 110 Å². The third-order valence-electron chi connectivity index (χ3n) is 2.68. The van der Waals surface area contributed by atoms with Gasteiger partial charge in [-0.3, -0.25) is 4.98 Å². The Morgan fingerprint density at radius 2 is 2.22 bits per heavy atom. The van der Waals surface area contributed by atoms with Gasteiger partial charge in [0, 0.05) is 19.3 Å². The first-order valence-corrected chi connectivity index (χ1v) is 6.53. The lowest BCUT2D eigenvalue weighted by Gasteiger charge is -2.18. The van der Waals surface area contributed by atoms with E-state index in [0.717, 1.165) is 25.3 Å². The monoisotopic (exact) mass is 251 g/mol. The summed E-state index contributed by atoms with van der Waals surface area (Å²) in [5, 5.41) is 3.32. The van der Waals surface area contributed by atoms with E-state index in [2.05, 4.69) is 49.2 Å². The highest BCUT2D eigenvalue weighted by Gasteiger charge is 2.07. The third kappa shape index (κ3) is 5.58. The van der Waals surface area contributed by atoms with Crippen LogP contribution >= 0.6 is 0 Å². The van der Waals surface area contributed by atoms with E-state index < -0.39 is 0 Å². The van der Waals surface area contributed by atoms with E-state index in [0.29, 0.717) is 6.61 Å². The van der Waals surface area contributed by atoms with Gasteiger partial charge in [-0.05, 0) is 39.2 Å². The maximum atomic E-state index is 5.83. The Morgan fingerprint density at radius 3 is 2.89 bits per heavy atom. The van der Waals surface area contributed by atoms with Crippen LogP contribution in [-0.2, 0) is 17.9 Å². The summed E-state index contributed by atoms with van der Waals surface area (Å²) in [6, 6.07) is 4.07. The zero-order valence-corrected chi connectivity index (χ0v) is 11.9. The molecular weight excluding hydrogens is 226 g/mol. The highest BCUT2D eigenvalue weighted by Crippen LogP contribution is 2.08. The predicted molar refractivity (Wildman–Crippen MR) is 74.4 cm³/mol. The van der Waals surface area contributed by atoms with Gasteiger partial charge in [0.2, 0.25) is 0 Å². The maximum Gasteiger partial charge on any atom is 0.0895 e. The molecule has 4 heteroatoms. The summed E-state index contributed by atoms with van der Waals surface area (Å²) < 4.78 is 5.83. The van der Waals surface area contributed by atoms with Crippen LogP contribution in [0.1, 0.15) is 25.1 Å². The molecule has 0 saturated heterocycles. The van der Waals surface area contributed by atoms with E-state index in [1.165, 1.54) is 5.56 Å². The molecule has 0 amide bonds. The quantitative estimate of drug-likeness (QED) is 0.762. The third-order valence-corrected chi connectivity index (χ3v) is 2.68. The smallest absolute Gasteiger partial charge is 0.0895 e. The summed E-state index contributed by atoms with van der Waals surface area (Å²) >= 11 is 0. The van der Waals surface area contributed by atoms with Crippen molar-refractivity contribution in [1.29, 1.82) is 0 Å². The Kier molecular flexibility index (Phi) is 6.86. The molecule has 0 radical (unpaired) electrons. The highest BCUT2D eigenvalue weighted by molar-refractivity contribution is 5.18. The summed E-state index contributed by atoms with van der Waals surface area (Å²) in [6.07, 6.45) is 2.04. The summed E-state index contributed by atoms with van der Waals surface area (Å²) in [4.78, 5) is 6.53. The minimum absolute atomic E-state index is 0.217. The minimum atomic E-state index is 0.217. The molecule has 1 atom stereocenters. The summed E-state index contributed by atoms with van der Waals surface area (Å²) in [6.45, 7) is 7.52. The predicted octanol–water partition coefficient (Wildman–Crippen LogP) is 1.66. The molecule has 0 aliphatic carbocycles. The standard InChI is InChI=1S/C14H25N3O/c1-5-15-9-13-7-6-8-16-14(13)11-18-12(2)10-17(3)4/h6-8,12,15H,5,9-11H2,1-4H3. The number of rotatable bonds is 8. The SMILES string of the molecule is CCNCc1cccnc1COC(C)CN(C)C. The summed E-state index contributed by atoms with van der Waals surface area (Å²) in [5.74, 6) is 0. The van der Waals surface area contributed by atoms with Gasteiger partial charge in [0.15, 0.2) is 0 Å². The Hall–Kier alpha value is -0.970. The van der Waals surface area contributed by atoms with Crippen LogP contribution in [0, 0.1) is 0 Å². The molecular formula is C14H25N3O. The maximum absolute atomic E-state index is 5.83. The van der Waals surface area contributed by atoms with Crippen molar-refractivity contribution >= 4 is 0 Å². The van der Waals surface area contributed by atoms with Gasteiger partial charge >= 0.3 is 0 Å². The molecule has 0 bridgehead atoms. The number of ether oxygens (including phenoxy) is 1. The number of likely N-dealkylation sites (N-methyl/N-ethyl adjacent to an activating group) is 1. The fraction of sp³-hybridized carbons (Fsp3) is 0.643. The van der Waals surface area contributed by atoms with Crippen LogP contribution in [0.4, 0.5) is 0 Å². The summed E-state index contributed by atoms with van der Waals surface area (Å²) in [7, 11) is 4.11. The number of nitrogens with zero attached hydrogens (tertiary/aromatic N) is 2. The Balaban J connectivity index is 2.50. The van der Waals surface area contributed by atoms with Crippen molar-refractivity contribution in [3.8, 4) is 0 Å². The molecule has 1 unspecified atom stereocenters. The van der Waals surface area contributed by atoms with E-state index in [-0.39, 0.29) is 6.10 Å². The fourth-order valence-corrected chi connectivity index (χ4v) is 1.81. The second kappa shape index (κ2) is 8.19. The largest absolute Gasteiger partial charge is 0.371 e. The van der Waals surface area contributed by atoms with Crippen LogP contribution in [0.5, 0.6) is 0 Å². The Morgan fingerprint density at radius 1 is 1.44 bits per heavy atom. The lowest BCUT2D eigenvalue weighted by molar-refractivity contribution is 0.0343. The van der Waals surface area contributed by atoms with Crippen LogP contribution in [0.3, 0.4) is 0 Å². The molecule has 1 aromatic rings. The second-order valence-electron chi connectivity index (χ2n) is 4.77. The van der Waals surface area contributed by atoms with Crippen molar-refractivity contribution in [3.05, 3.63) is 29.6 Å². The van der Waals surface area contributed by atoms with Crippen molar-refractivity contribution in [2.45, 2.75) is 33.1 Å². The highest BCUT2D eigenvalue weighted by atomic mass is 16.5. The van der Waals surface area contributed by atoms with E-state index in [1.807, 2.05) is 12.3 Å². The molecule has 18 heavy (non-hydrogen) atoms. The van der Waals surface area contributed by atoms with Crippen molar-refractivity contribution in [2.24, 2.45) is 0 Å². The average Bonchev–Trinajstić information content (AvgIpc) is 2.34. The molecule has 1 heterocycles. The van der Waals surface area contributed by atoms with Crippen molar-refractivity contribution in [3.63, 3.8) is 0 Å². The minimum Gasteiger partial charge on any atom is -0.371 e. The van der Waals surface area contributed by atoms with Gasteiger partial charge in [-0.25, -0.2) is 0 Å². The van der Waals surface area contributed by atoms with Crippen LogP contribution in [0.25, 0.3) is 0 Å². The van der Waals surface area contributed by atoms with E-state index >= 15 is 0 Å². The molecule has 0 aliphatic rings. The van der Waals surface area contributed by atoms with Crippen LogP contribution in [-0.4, -0.2) is 43.2 Å². The van der Waals surface area contributed by atoms with Gasteiger partial charge in [-0.1, -0.05) is 13.0 Å². The normalized spacial score (nSPS) is 12.9. The van der Waals surface area contributed by atoms with Gasteiger partial charge in [0.1, 0.15) is 0 Å². The van der Waals surface area contributed by atoms with Crippen LogP contribution in [0.15, 0.2) is 18.3 Å². The van der Waals surface area contributed by atoms with Crippen molar-refractivity contribution in [1.82, 2.24) is 15.2 Å². The zero-order valence-electron chi connectivity index (χ0n) is 11.9. The van der Waals surface area contributed by atoms with Crippen LogP contribution in [0.2, 0.25) is 0 Å². The molecule has 4 nitrogen and oxygen atoms in total. The van der Waals surface area contributed by atoms with Gasteiger partial charge in [0.05, 0.1) is 18.4 Å². The van der Waals surface area contributed by atoms with Gasteiger partial charge in [-0.2, -0.15) is 0 Å². The molecule has 0 fully saturated rings. The number of hydrogen-bond donors (Lipinski definition) is 1.